The number of carbonyl (C=O) groups is 1. The molecule has 144 valence electrons. The number of piperazine rings is 1. The Kier molecular flexibility index (Phi) is 6.58. The van der Waals surface area contributed by atoms with Crippen LogP contribution in [0.15, 0.2) is 48.5 Å². The van der Waals surface area contributed by atoms with Crippen LogP contribution in [0, 0.1) is 0 Å². The second-order valence-electron chi connectivity index (χ2n) is 6.84. The molecule has 2 aromatic rings. The minimum absolute atomic E-state index is 0.166. The van der Waals surface area contributed by atoms with Crippen LogP contribution in [0.25, 0.3) is 0 Å². The molecule has 0 unspecified atom stereocenters. The van der Waals surface area contributed by atoms with Crippen LogP contribution in [0.5, 0.6) is 5.75 Å². The van der Waals surface area contributed by atoms with Crippen LogP contribution in [0.2, 0.25) is 5.02 Å². The first-order valence-electron chi connectivity index (χ1n) is 9.15. The third-order valence-corrected chi connectivity index (χ3v) is 5.14. The molecule has 1 aliphatic rings. The highest BCUT2D eigenvalue weighted by Gasteiger charge is 2.23. The molecular weight excluding hydrogens is 362 g/mol. The Hall–Kier alpha value is -2.24. The maximum atomic E-state index is 12.6. The van der Waals surface area contributed by atoms with Crippen LogP contribution in [0.1, 0.15) is 5.56 Å². The van der Waals surface area contributed by atoms with Crippen molar-refractivity contribution in [3.8, 4) is 5.75 Å². The van der Waals surface area contributed by atoms with Gasteiger partial charge in [-0.2, -0.15) is 0 Å². The van der Waals surface area contributed by atoms with Gasteiger partial charge in [0.05, 0.1) is 24.4 Å². The lowest BCUT2D eigenvalue weighted by molar-refractivity contribution is -0.132. The molecule has 0 aromatic heterocycles. The molecule has 0 spiro atoms. The Morgan fingerprint density at radius 3 is 2.56 bits per heavy atom. The van der Waals surface area contributed by atoms with Crippen LogP contribution in [0.3, 0.4) is 0 Å². The van der Waals surface area contributed by atoms with Crippen LogP contribution in [0.4, 0.5) is 5.69 Å². The standard InChI is InChI=1S/C21H26ClN3O2/c1-23(15-17-6-5-7-18(14-17)27-2)16-21(26)25-12-10-24(11-13-25)20-9-4-3-8-19(20)22/h3-9,14H,10-13,15-16H2,1-2H3. The highest BCUT2D eigenvalue weighted by Crippen LogP contribution is 2.26. The predicted molar refractivity (Wildman–Crippen MR) is 110 cm³/mol. The maximum Gasteiger partial charge on any atom is 0.236 e. The van der Waals surface area contributed by atoms with Crippen LogP contribution in [-0.2, 0) is 11.3 Å². The number of methoxy groups -OCH3 is 1. The molecule has 0 saturated carbocycles. The fourth-order valence-electron chi connectivity index (χ4n) is 3.37. The third kappa shape index (κ3) is 5.15. The number of para-hydroxylation sites is 1. The number of carbonyl (C=O) groups excluding carboxylic acids is 1. The Labute approximate surface area is 166 Å². The summed E-state index contributed by atoms with van der Waals surface area (Å²) in [4.78, 5) is 18.9. The van der Waals surface area contributed by atoms with Crippen molar-refractivity contribution in [2.75, 3.05) is 51.8 Å². The number of ether oxygens (including phenoxy) is 1. The zero-order valence-electron chi connectivity index (χ0n) is 15.9. The van der Waals surface area contributed by atoms with Crippen molar-refractivity contribution in [2.45, 2.75) is 6.54 Å². The molecule has 1 aliphatic heterocycles. The number of rotatable bonds is 6. The van der Waals surface area contributed by atoms with E-state index >= 15 is 0 Å². The molecule has 2 aromatic carbocycles. The average molecular weight is 388 g/mol. The van der Waals surface area contributed by atoms with E-state index < -0.39 is 0 Å². The average Bonchev–Trinajstić information content (AvgIpc) is 2.68. The van der Waals surface area contributed by atoms with E-state index in [1.165, 1.54) is 0 Å². The second kappa shape index (κ2) is 9.11. The Morgan fingerprint density at radius 1 is 1.11 bits per heavy atom. The lowest BCUT2D eigenvalue weighted by Crippen LogP contribution is -2.51. The van der Waals surface area contributed by atoms with E-state index in [1.54, 1.807) is 7.11 Å². The number of nitrogens with zero attached hydrogens (tertiary/aromatic N) is 3. The topological polar surface area (TPSA) is 36.0 Å². The van der Waals surface area contributed by atoms with Crippen molar-refractivity contribution in [3.63, 3.8) is 0 Å². The van der Waals surface area contributed by atoms with Gasteiger partial charge in [0.2, 0.25) is 5.91 Å². The highest BCUT2D eigenvalue weighted by atomic mass is 35.5. The zero-order chi connectivity index (χ0) is 19.2. The van der Waals surface area contributed by atoms with E-state index in [0.29, 0.717) is 13.1 Å². The van der Waals surface area contributed by atoms with E-state index in [2.05, 4.69) is 4.90 Å². The monoisotopic (exact) mass is 387 g/mol. The summed E-state index contributed by atoms with van der Waals surface area (Å²) in [5.41, 5.74) is 2.18. The first kappa shape index (κ1) is 19.5. The van der Waals surface area contributed by atoms with Crippen molar-refractivity contribution in [1.82, 2.24) is 9.80 Å². The van der Waals surface area contributed by atoms with Gasteiger partial charge in [-0.25, -0.2) is 0 Å². The van der Waals surface area contributed by atoms with Crippen LogP contribution >= 0.6 is 11.6 Å². The fraction of sp³-hybridized carbons (Fsp3) is 0.381. The van der Waals surface area contributed by atoms with Crippen LogP contribution in [-0.4, -0.2) is 62.6 Å². The van der Waals surface area contributed by atoms with E-state index in [0.717, 1.165) is 48.2 Å². The minimum Gasteiger partial charge on any atom is -0.497 e. The molecule has 1 saturated heterocycles. The second-order valence-corrected chi connectivity index (χ2v) is 7.25. The normalized spacial score (nSPS) is 14.5. The van der Waals surface area contributed by atoms with E-state index in [4.69, 9.17) is 16.3 Å². The van der Waals surface area contributed by atoms with Gasteiger partial charge in [-0.05, 0) is 36.9 Å². The molecule has 0 aliphatic carbocycles. The van der Waals surface area contributed by atoms with E-state index in [-0.39, 0.29) is 5.91 Å². The summed E-state index contributed by atoms with van der Waals surface area (Å²) >= 11 is 6.29. The molecule has 1 amide bonds. The van der Waals surface area contributed by atoms with Crippen molar-refractivity contribution >= 4 is 23.2 Å². The first-order chi connectivity index (χ1) is 13.1. The van der Waals surface area contributed by atoms with Gasteiger partial charge in [0.25, 0.3) is 0 Å². The number of likely N-dealkylation sites (N-methyl/N-ethyl adjacent to an activating group) is 1. The molecule has 0 radical (unpaired) electrons. The molecule has 27 heavy (non-hydrogen) atoms. The summed E-state index contributed by atoms with van der Waals surface area (Å²) in [6.07, 6.45) is 0. The summed E-state index contributed by atoms with van der Waals surface area (Å²) in [5.74, 6) is 1.00. The summed E-state index contributed by atoms with van der Waals surface area (Å²) in [7, 11) is 3.63. The van der Waals surface area contributed by atoms with Gasteiger partial charge in [-0.3, -0.25) is 9.69 Å². The number of benzene rings is 2. The molecule has 5 nitrogen and oxygen atoms in total. The summed E-state index contributed by atoms with van der Waals surface area (Å²) < 4.78 is 5.26. The van der Waals surface area contributed by atoms with Gasteiger partial charge in [0, 0.05) is 32.7 Å². The Bertz CT molecular complexity index is 776. The fourth-order valence-corrected chi connectivity index (χ4v) is 3.63. The Morgan fingerprint density at radius 2 is 1.85 bits per heavy atom. The SMILES string of the molecule is COc1cccc(CN(C)CC(=O)N2CCN(c3ccccc3Cl)CC2)c1. The smallest absolute Gasteiger partial charge is 0.236 e. The molecule has 0 bridgehead atoms. The molecule has 6 heteroatoms. The molecule has 0 atom stereocenters. The third-order valence-electron chi connectivity index (χ3n) is 4.82. The maximum absolute atomic E-state index is 12.6. The van der Waals surface area contributed by atoms with E-state index in [9.17, 15) is 4.79 Å². The van der Waals surface area contributed by atoms with Crippen LogP contribution < -0.4 is 9.64 Å². The van der Waals surface area contributed by atoms with Gasteiger partial charge < -0.3 is 14.5 Å². The van der Waals surface area contributed by atoms with Crippen molar-refractivity contribution < 1.29 is 9.53 Å². The van der Waals surface area contributed by atoms with Gasteiger partial charge in [-0.1, -0.05) is 35.9 Å². The summed E-state index contributed by atoms with van der Waals surface area (Å²) in [6, 6.07) is 15.8. The quantitative estimate of drug-likeness (QED) is 0.763. The largest absolute Gasteiger partial charge is 0.497 e. The van der Waals surface area contributed by atoms with Gasteiger partial charge in [0.15, 0.2) is 0 Å². The molecule has 1 heterocycles. The molecular formula is C21H26ClN3O2. The molecule has 0 N–H and O–H groups in total. The predicted octanol–water partition coefficient (Wildman–Crippen LogP) is 3.13. The van der Waals surface area contributed by atoms with Gasteiger partial charge in [-0.15, -0.1) is 0 Å². The number of anilines is 1. The minimum atomic E-state index is 0.166. The number of hydrogen-bond donors (Lipinski definition) is 0. The zero-order valence-corrected chi connectivity index (χ0v) is 16.7. The van der Waals surface area contributed by atoms with E-state index in [1.807, 2.05) is 65.4 Å². The van der Waals surface area contributed by atoms with Crippen molar-refractivity contribution in [1.29, 1.82) is 0 Å². The lowest BCUT2D eigenvalue weighted by Gasteiger charge is -2.37. The van der Waals surface area contributed by atoms with Gasteiger partial charge in [0.1, 0.15) is 5.75 Å². The summed E-state index contributed by atoms with van der Waals surface area (Å²) in [6.45, 7) is 4.16. The summed E-state index contributed by atoms with van der Waals surface area (Å²) in [5, 5.41) is 0.760. The van der Waals surface area contributed by atoms with Crippen molar-refractivity contribution in [3.05, 3.63) is 59.1 Å². The van der Waals surface area contributed by atoms with Gasteiger partial charge >= 0.3 is 0 Å². The first-order valence-corrected chi connectivity index (χ1v) is 9.53. The number of halogens is 1. The number of amides is 1. The molecule has 3 rings (SSSR count). The van der Waals surface area contributed by atoms with Crippen molar-refractivity contribution in [2.24, 2.45) is 0 Å². The number of hydrogen-bond acceptors (Lipinski definition) is 4. The highest BCUT2D eigenvalue weighted by molar-refractivity contribution is 6.33. The molecule has 1 fully saturated rings. The lowest BCUT2D eigenvalue weighted by atomic mass is 10.2. The Balaban J connectivity index is 1.49.